The molecule has 1 aliphatic heterocycles. The van der Waals surface area contributed by atoms with E-state index in [2.05, 4.69) is 50.7 Å². The Bertz CT molecular complexity index is 738. The molecule has 7 heteroatoms. The lowest BCUT2D eigenvalue weighted by Gasteiger charge is -2.14. The maximum atomic E-state index is 5.61. The first-order valence-electron chi connectivity index (χ1n) is 8.48. The molecule has 0 saturated carbocycles. The number of aryl methyl sites for hydroxylation is 1. The van der Waals surface area contributed by atoms with Crippen molar-refractivity contribution < 1.29 is 4.74 Å². The predicted molar refractivity (Wildman–Crippen MR) is 108 cm³/mol. The second-order valence-electron chi connectivity index (χ2n) is 6.30. The van der Waals surface area contributed by atoms with Gasteiger partial charge in [-0.05, 0) is 56.6 Å². The highest BCUT2D eigenvalue weighted by molar-refractivity contribution is 9.10. The molecule has 1 atom stereocenters. The van der Waals surface area contributed by atoms with Crippen LogP contribution in [0.25, 0.3) is 0 Å². The van der Waals surface area contributed by atoms with Gasteiger partial charge in [-0.3, -0.25) is 4.68 Å². The zero-order valence-corrected chi connectivity index (χ0v) is 16.9. The predicted octanol–water partition coefficient (Wildman–Crippen LogP) is 3.78. The van der Waals surface area contributed by atoms with E-state index in [1.54, 1.807) is 0 Å². The highest BCUT2D eigenvalue weighted by atomic mass is 79.9. The molecule has 0 unspecified atom stereocenters. The van der Waals surface area contributed by atoms with E-state index in [0.717, 1.165) is 54.1 Å². The molecule has 5 nitrogen and oxygen atoms in total. The second kappa shape index (κ2) is 8.29. The molecule has 0 aliphatic carbocycles. The summed E-state index contributed by atoms with van der Waals surface area (Å²) in [5.74, 6) is 0. The second-order valence-corrected chi connectivity index (χ2v) is 7.62. The molecule has 134 valence electrons. The number of aromatic nitrogens is 2. The van der Waals surface area contributed by atoms with Crippen LogP contribution in [0.1, 0.15) is 29.8 Å². The number of hydrogen-bond acceptors (Lipinski definition) is 3. The summed E-state index contributed by atoms with van der Waals surface area (Å²) < 4.78 is 8.69. The van der Waals surface area contributed by atoms with Gasteiger partial charge >= 0.3 is 0 Å². The van der Waals surface area contributed by atoms with Crippen LogP contribution >= 0.6 is 28.1 Å². The fourth-order valence-corrected chi connectivity index (χ4v) is 3.41. The minimum Gasteiger partial charge on any atom is -0.376 e. The third-order valence-corrected chi connectivity index (χ3v) is 5.15. The Morgan fingerprint density at radius 1 is 1.36 bits per heavy atom. The SMILES string of the molecule is Cc1nn(Cc2ccc(Br)cc2)c(C)c1NC(=S)NC[C@@H]1CCCO1. The number of benzene rings is 1. The number of halogens is 1. The van der Waals surface area contributed by atoms with Crippen molar-refractivity contribution in [2.45, 2.75) is 39.3 Å². The third kappa shape index (κ3) is 4.80. The standard InChI is InChI=1S/C18H23BrN4OS/c1-12-17(21-18(25)20-10-16-4-3-9-24-16)13(2)23(22-12)11-14-5-7-15(19)8-6-14/h5-8,16H,3-4,9-11H2,1-2H3,(H2,20,21,25)/t16-/m0/s1. The van der Waals surface area contributed by atoms with Crippen LogP contribution in [0.15, 0.2) is 28.7 Å². The van der Waals surface area contributed by atoms with Gasteiger partial charge in [-0.1, -0.05) is 28.1 Å². The lowest BCUT2D eigenvalue weighted by Crippen LogP contribution is -2.35. The van der Waals surface area contributed by atoms with E-state index in [4.69, 9.17) is 17.0 Å². The maximum absolute atomic E-state index is 5.61. The topological polar surface area (TPSA) is 51.1 Å². The van der Waals surface area contributed by atoms with Crippen molar-refractivity contribution >= 4 is 38.9 Å². The smallest absolute Gasteiger partial charge is 0.170 e. The van der Waals surface area contributed by atoms with Crippen molar-refractivity contribution in [3.63, 3.8) is 0 Å². The van der Waals surface area contributed by atoms with Crippen molar-refractivity contribution in [3.8, 4) is 0 Å². The largest absolute Gasteiger partial charge is 0.376 e. The molecule has 3 rings (SSSR count). The minimum absolute atomic E-state index is 0.266. The Hall–Kier alpha value is -1.44. The first kappa shape index (κ1) is 18.4. The summed E-state index contributed by atoms with van der Waals surface area (Å²) in [6, 6.07) is 8.29. The molecule has 1 aromatic carbocycles. The fourth-order valence-electron chi connectivity index (χ4n) is 2.96. The molecule has 1 saturated heterocycles. The third-order valence-electron chi connectivity index (χ3n) is 4.38. The molecule has 0 amide bonds. The molecule has 0 radical (unpaired) electrons. The van der Waals surface area contributed by atoms with E-state index in [0.29, 0.717) is 5.11 Å². The fraction of sp³-hybridized carbons (Fsp3) is 0.444. The number of hydrogen-bond donors (Lipinski definition) is 2. The van der Waals surface area contributed by atoms with E-state index in [9.17, 15) is 0 Å². The molecule has 0 spiro atoms. The van der Waals surface area contributed by atoms with Gasteiger partial charge in [0, 0.05) is 17.6 Å². The molecule has 1 fully saturated rings. The summed E-state index contributed by atoms with van der Waals surface area (Å²) in [5, 5.41) is 11.8. The van der Waals surface area contributed by atoms with Gasteiger partial charge in [0.05, 0.1) is 29.7 Å². The Morgan fingerprint density at radius 3 is 2.80 bits per heavy atom. The molecule has 1 aromatic heterocycles. The number of nitrogens with zero attached hydrogens (tertiary/aromatic N) is 2. The zero-order valence-electron chi connectivity index (χ0n) is 14.5. The van der Waals surface area contributed by atoms with Crippen molar-refractivity contribution in [2.24, 2.45) is 0 Å². The molecular weight excluding hydrogens is 400 g/mol. The first-order chi connectivity index (χ1) is 12.0. The normalized spacial score (nSPS) is 16.8. The van der Waals surface area contributed by atoms with E-state index in [-0.39, 0.29) is 6.10 Å². The van der Waals surface area contributed by atoms with E-state index in [1.807, 2.05) is 23.7 Å². The van der Waals surface area contributed by atoms with Crippen LogP contribution < -0.4 is 10.6 Å². The maximum Gasteiger partial charge on any atom is 0.170 e. The number of anilines is 1. The number of ether oxygens (including phenoxy) is 1. The van der Waals surface area contributed by atoms with Gasteiger partial charge in [-0.2, -0.15) is 5.10 Å². The average Bonchev–Trinajstić information content (AvgIpc) is 3.19. The summed E-state index contributed by atoms with van der Waals surface area (Å²) in [5.41, 5.74) is 4.19. The molecule has 2 N–H and O–H groups in total. The molecule has 2 heterocycles. The first-order valence-corrected chi connectivity index (χ1v) is 9.68. The number of nitrogens with one attached hydrogen (secondary N) is 2. The van der Waals surface area contributed by atoms with Crippen LogP contribution in [0, 0.1) is 13.8 Å². The summed E-state index contributed by atoms with van der Waals surface area (Å²) in [6.45, 7) is 6.39. The average molecular weight is 423 g/mol. The summed E-state index contributed by atoms with van der Waals surface area (Å²) in [4.78, 5) is 0. The minimum atomic E-state index is 0.266. The Morgan fingerprint density at radius 2 is 2.12 bits per heavy atom. The lowest BCUT2D eigenvalue weighted by molar-refractivity contribution is 0.114. The van der Waals surface area contributed by atoms with Gasteiger partial charge in [-0.25, -0.2) is 0 Å². The van der Waals surface area contributed by atoms with Crippen LogP contribution in [0.3, 0.4) is 0 Å². The van der Waals surface area contributed by atoms with E-state index in [1.165, 1.54) is 5.56 Å². The summed E-state index contributed by atoms with van der Waals surface area (Å²) in [7, 11) is 0. The lowest BCUT2D eigenvalue weighted by atomic mass is 10.2. The highest BCUT2D eigenvalue weighted by Gasteiger charge is 2.17. The van der Waals surface area contributed by atoms with Gasteiger partial charge in [0.1, 0.15) is 0 Å². The summed E-state index contributed by atoms with van der Waals surface area (Å²) >= 11 is 8.89. The Kier molecular flexibility index (Phi) is 6.09. The molecule has 25 heavy (non-hydrogen) atoms. The Labute approximate surface area is 162 Å². The van der Waals surface area contributed by atoms with E-state index >= 15 is 0 Å². The molecule has 1 aliphatic rings. The van der Waals surface area contributed by atoms with Gasteiger partial charge in [0.2, 0.25) is 0 Å². The summed E-state index contributed by atoms with van der Waals surface area (Å²) in [6.07, 6.45) is 2.49. The van der Waals surface area contributed by atoms with Crippen LogP contribution in [0.5, 0.6) is 0 Å². The molecular formula is C18H23BrN4OS. The number of thiocarbonyl (C=S) groups is 1. The van der Waals surface area contributed by atoms with Crippen molar-refractivity contribution in [2.75, 3.05) is 18.5 Å². The van der Waals surface area contributed by atoms with Crippen molar-refractivity contribution in [3.05, 3.63) is 45.7 Å². The quantitative estimate of drug-likeness (QED) is 0.717. The van der Waals surface area contributed by atoms with Gasteiger partial charge in [0.15, 0.2) is 5.11 Å². The molecule has 2 aromatic rings. The number of rotatable bonds is 5. The van der Waals surface area contributed by atoms with E-state index < -0.39 is 0 Å². The molecule has 0 bridgehead atoms. The monoisotopic (exact) mass is 422 g/mol. The highest BCUT2D eigenvalue weighted by Crippen LogP contribution is 2.21. The van der Waals surface area contributed by atoms with Gasteiger partial charge in [0.25, 0.3) is 0 Å². The van der Waals surface area contributed by atoms with Crippen molar-refractivity contribution in [1.29, 1.82) is 0 Å². The van der Waals surface area contributed by atoms with Gasteiger partial charge < -0.3 is 15.4 Å². The van der Waals surface area contributed by atoms with Crippen molar-refractivity contribution in [1.82, 2.24) is 15.1 Å². The van der Waals surface area contributed by atoms with Gasteiger partial charge in [-0.15, -0.1) is 0 Å². The van der Waals surface area contributed by atoms with Crippen LogP contribution in [-0.2, 0) is 11.3 Å². The van der Waals surface area contributed by atoms with Crippen LogP contribution in [0.4, 0.5) is 5.69 Å². The Balaban J connectivity index is 1.62. The van der Waals surface area contributed by atoms with Crippen LogP contribution in [0.2, 0.25) is 0 Å². The zero-order chi connectivity index (χ0) is 17.8. The van der Waals surface area contributed by atoms with Crippen LogP contribution in [-0.4, -0.2) is 34.1 Å².